The molecule has 92 valence electrons. The van der Waals surface area contributed by atoms with Crippen LogP contribution in [0.4, 0.5) is 0 Å². The van der Waals surface area contributed by atoms with E-state index in [4.69, 9.17) is 5.11 Å². The number of carboxylic acids is 1. The number of rotatable bonds is 4. The largest absolute Gasteiger partial charge is 0.481 e. The van der Waals surface area contributed by atoms with Crippen LogP contribution in [0.3, 0.4) is 0 Å². The molecule has 1 saturated carbocycles. The highest BCUT2D eigenvalue weighted by molar-refractivity contribution is 5.67. The molecule has 1 aliphatic carbocycles. The van der Waals surface area contributed by atoms with E-state index in [0.29, 0.717) is 0 Å². The highest BCUT2D eigenvalue weighted by atomic mass is 16.4. The van der Waals surface area contributed by atoms with Crippen LogP contribution in [0.25, 0.3) is 0 Å². The van der Waals surface area contributed by atoms with E-state index in [1.165, 1.54) is 0 Å². The van der Waals surface area contributed by atoms with Gasteiger partial charge in [0, 0.05) is 5.41 Å². The number of hydrogen-bond donors (Lipinski definition) is 2. The summed E-state index contributed by atoms with van der Waals surface area (Å²) < 4.78 is 0. The summed E-state index contributed by atoms with van der Waals surface area (Å²) in [4.78, 5) is 10.8. The molecule has 3 nitrogen and oxygen atoms in total. The van der Waals surface area contributed by atoms with Gasteiger partial charge in [-0.05, 0) is 18.4 Å². The molecular formula is C14H18O3. The number of aliphatic hydroxyl groups is 1. The highest BCUT2D eigenvalue weighted by Crippen LogP contribution is 2.44. The summed E-state index contributed by atoms with van der Waals surface area (Å²) >= 11 is 0. The second kappa shape index (κ2) is 4.88. The summed E-state index contributed by atoms with van der Waals surface area (Å²) in [6.07, 6.45) is 2.92. The Hall–Kier alpha value is -1.35. The molecule has 0 heterocycles. The Morgan fingerprint density at radius 3 is 2.35 bits per heavy atom. The first-order chi connectivity index (χ1) is 8.15. The van der Waals surface area contributed by atoms with Crippen molar-refractivity contribution in [3.05, 3.63) is 35.9 Å². The molecule has 17 heavy (non-hydrogen) atoms. The monoisotopic (exact) mass is 234 g/mol. The Bertz CT molecular complexity index is 380. The van der Waals surface area contributed by atoms with E-state index in [-0.39, 0.29) is 11.8 Å². The van der Waals surface area contributed by atoms with Gasteiger partial charge in [0.2, 0.25) is 0 Å². The molecule has 0 aromatic heterocycles. The zero-order valence-corrected chi connectivity index (χ0v) is 9.80. The average molecular weight is 234 g/mol. The van der Waals surface area contributed by atoms with Crippen molar-refractivity contribution >= 4 is 5.97 Å². The minimum atomic E-state index is -0.931. The average Bonchev–Trinajstić information content (AvgIpc) is 2.79. The molecule has 1 atom stereocenters. The van der Waals surface area contributed by atoms with Gasteiger partial charge >= 0.3 is 5.97 Å². The van der Waals surface area contributed by atoms with Crippen LogP contribution in [0.1, 0.15) is 37.7 Å². The third-order valence-corrected chi connectivity index (χ3v) is 3.85. The van der Waals surface area contributed by atoms with Gasteiger partial charge in [0.15, 0.2) is 0 Å². The highest BCUT2D eigenvalue weighted by Gasteiger charge is 2.42. The Morgan fingerprint density at radius 1 is 1.24 bits per heavy atom. The second-order valence-corrected chi connectivity index (χ2v) is 4.84. The van der Waals surface area contributed by atoms with Crippen molar-refractivity contribution in [2.45, 2.75) is 43.6 Å². The molecule has 0 spiro atoms. The molecule has 1 unspecified atom stereocenters. The molecule has 1 aromatic carbocycles. The lowest BCUT2D eigenvalue weighted by molar-refractivity contribution is -0.140. The van der Waals surface area contributed by atoms with E-state index in [0.717, 1.165) is 31.2 Å². The molecule has 0 bridgehead atoms. The van der Waals surface area contributed by atoms with Crippen LogP contribution in [0.5, 0.6) is 0 Å². The van der Waals surface area contributed by atoms with Crippen LogP contribution in [0.2, 0.25) is 0 Å². The molecule has 2 rings (SSSR count). The number of benzene rings is 1. The Labute approximate surface area is 101 Å². The molecule has 0 aliphatic heterocycles. The van der Waals surface area contributed by atoms with Crippen LogP contribution in [-0.4, -0.2) is 22.3 Å². The standard InChI is InChI=1S/C14H18O3/c15-12(10-13(16)17)14(8-4-5-9-14)11-6-2-1-3-7-11/h1-3,6-7,12,15H,4-5,8-10H2,(H,16,17). The number of aliphatic hydroxyl groups excluding tert-OH is 1. The SMILES string of the molecule is O=C(O)CC(O)C1(c2ccccc2)CCCC1. The van der Waals surface area contributed by atoms with E-state index in [2.05, 4.69) is 0 Å². The predicted octanol–water partition coefficient (Wildman–Crippen LogP) is 2.33. The van der Waals surface area contributed by atoms with Gasteiger partial charge in [-0.2, -0.15) is 0 Å². The molecule has 0 amide bonds. The molecule has 0 saturated heterocycles. The van der Waals surface area contributed by atoms with Gasteiger partial charge in [-0.15, -0.1) is 0 Å². The number of aliphatic carboxylic acids is 1. The maximum absolute atomic E-state index is 10.8. The van der Waals surface area contributed by atoms with Crippen LogP contribution in [-0.2, 0) is 10.2 Å². The van der Waals surface area contributed by atoms with Crippen molar-refractivity contribution in [3.8, 4) is 0 Å². The minimum Gasteiger partial charge on any atom is -0.481 e. The van der Waals surface area contributed by atoms with E-state index in [9.17, 15) is 9.90 Å². The first kappa shape index (κ1) is 12.1. The Kier molecular flexibility index (Phi) is 3.48. The third-order valence-electron chi connectivity index (χ3n) is 3.85. The summed E-state index contributed by atoms with van der Waals surface area (Å²) in [5.41, 5.74) is 0.728. The lowest BCUT2D eigenvalue weighted by Crippen LogP contribution is -2.38. The summed E-state index contributed by atoms with van der Waals surface area (Å²) in [6, 6.07) is 9.83. The zero-order chi connectivity index (χ0) is 12.3. The Morgan fingerprint density at radius 2 is 1.82 bits per heavy atom. The zero-order valence-electron chi connectivity index (χ0n) is 9.80. The summed E-state index contributed by atoms with van der Waals surface area (Å²) in [6.45, 7) is 0. The fourth-order valence-corrected chi connectivity index (χ4v) is 2.95. The van der Waals surface area contributed by atoms with E-state index >= 15 is 0 Å². The maximum Gasteiger partial charge on any atom is 0.306 e. The van der Waals surface area contributed by atoms with Crippen molar-refractivity contribution in [2.75, 3.05) is 0 Å². The third kappa shape index (κ3) is 2.34. The van der Waals surface area contributed by atoms with Crippen LogP contribution >= 0.6 is 0 Å². The van der Waals surface area contributed by atoms with Crippen LogP contribution < -0.4 is 0 Å². The van der Waals surface area contributed by atoms with Crippen molar-refractivity contribution in [1.82, 2.24) is 0 Å². The molecule has 3 heteroatoms. The molecular weight excluding hydrogens is 216 g/mol. The number of hydrogen-bond acceptors (Lipinski definition) is 2. The second-order valence-electron chi connectivity index (χ2n) is 4.84. The van der Waals surface area contributed by atoms with Crippen molar-refractivity contribution in [3.63, 3.8) is 0 Å². The fraction of sp³-hybridized carbons (Fsp3) is 0.500. The molecule has 1 aliphatic rings. The molecule has 0 radical (unpaired) electrons. The lowest BCUT2D eigenvalue weighted by Gasteiger charge is -2.34. The maximum atomic E-state index is 10.8. The molecule has 1 fully saturated rings. The van der Waals surface area contributed by atoms with Gasteiger partial charge in [-0.25, -0.2) is 0 Å². The summed E-state index contributed by atoms with van der Waals surface area (Å²) in [5.74, 6) is -0.931. The lowest BCUT2D eigenvalue weighted by atomic mass is 9.73. The van der Waals surface area contributed by atoms with E-state index in [1.807, 2.05) is 30.3 Å². The number of carbonyl (C=O) groups is 1. The first-order valence-electron chi connectivity index (χ1n) is 6.10. The molecule has 1 aromatic rings. The predicted molar refractivity (Wildman–Crippen MR) is 64.8 cm³/mol. The number of carboxylic acid groups (broad SMARTS) is 1. The van der Waals surface area contributed by atoms with Crippen molar-refractivity contribution in [2.24, 2.45) is 0 Å². The van der Waals surface area contributed by atoms with Crippen LogP contribution in [0.15, 0.2) is 30.3 Å². The van der Waals surface area contributed by atoms with Crippen LogP contribution in [0, 0.1) is 0 Å². The van der Waals surface area contributed by atoms with Gasteiger partial charge in [0.05, 0.1) is 12.5 Å². The Balaban J connectivity index is 2.30. The molecule has 2 N–H and O–H groups in total. The topological polar surface area (TPSA) is 57.5 Å². The fourth-order valence-electron chi connectivity index (χ4n) is 2.95. The summed E-state index contributed by atoms with van der Waals surface area (Å²) in [7, 11) is 0. The normalized spacial score (nSPS) is 20.1. The van der Waals surface area contributed by atoms with E-state index < -0.39 is 12.1 Å². The first-order valence-corrected chi connectivity index (χ1v) is 6.10. The minimum absolute atomic E-state index is 0.172. The van der Waals surface area contributed by atoms with E-state index in [1.54, 1.807) is 0 Å². The van der Waals surface area contributed by atoms with Gasteiger partial charge in [-0.3, -0.25) is 4.79 Å². The van der Waals surface area contributed by atoms with Gasteiger partial charge in [-0.1, -0.05) is 43.2 Å². The smallest absolute Gasteiger partial charge is 0.306 e. The van der Waals surface area contributed by atoms with Gasteiger partial charge in [0.1, 0.15) is 0 Å². The summed E-state index contributed by atoms with van der Waals surface area (Å²) in [5, 5.41) is 19.1. The van der Waals surface area contributed by atoms with Gasteiger partial charge < -0.3 is 10.2 Å². The van der Waals surface area contributed by atoms with Crippen molar-refractivity contribution in [1.29, 1.82) is 0 Å². The quantitative estimate of drug-likeness (QED) is 0.840. The van der Waals surface area contributed by atoms with Gasteiger partial charge in [0.25, 0.3) is 0 Å². The van der Waals surface area contributed by atoms with Crippen molar-refractivity contribution < 1.29 is 15.0 Å².